The van der Waals surface area contributed by atoms with Crippen molar-refractivity contribution in [2.45, 2.75) is 38.0 Å². The predicted octanol–water partition coefficient (Wildman–Crippen LogP) is 3.32. The van der Waals surface area contributed by atoms with Crippen molar-refractivity contribution in [1.82, 2.24) is 5.32 Å². The summed E-state index contributed by atoms with van der Waals surface area (Å²) in [6, 6.07) is 5.24. The molecule has 4 nitrogen and oxygen atoms in total. The number of anilines is 1. The number of alkyl halides is 3. The van der Waals surface area contributed by atoms with Crippen LogP contribution >= 0.6 is 0 Å². The molecule has 0 saturated heterocycles. The summed E-state index contributed by atoms with van der Waals surface area (Å²) in [5, 5.41) is 13.7. The zero-order valence-corrected chi connectivity index (χ0v) is 13.1. The molecule has 7 heteroatoms. The van der Waals surface area contributed by atoms with E-state index in [2.05, 4.69) is 10.6 Å². The van der Waals surface area contributed by atoms with Gasteiger partial charge in [0.1, 0.15) is 5.71 Å². The van der Waals surface area contributed by atoms with Crippen molar-refractivity contribution in [2.24, 2.45) is 0 Å². The van der Waals surface area contributed by atoms with Gasteiger partial charge in [-0.2, -0.15) is 13.2 Å². The lowest BCUT2D eigenvalue weighted by Gasteiger charge is -2.16. The van der Waals surface area contributed by atoms with E-state index in [9.17, 15) is 13.2 Å². The first kappa shape index (κ1) is 17.7. The molecule has 3 N–H and O–H groups in total. The van der Waals surface area contributed by atoms with E-state index in [1.165, 1.54) is 6.07 Å². The highest BCUT2D eigenvalue weighted by Crippen LogP contribution is 2.27. The fourth-order valence-corrected chi connectivity index (χ4v) is 2.21. The van der Waals surface area contributed by atoms with Crippen molar-refractivity contribution in [3.8, 4) is 0 Å². The van der Waals surface area contributed by atoms with E-state index in [1.54, 1.807) is 19.2 Å². The Labute approximate surface area is 133 Å². The van der Waals surface area contributed by atoms with E-state index in [0.29, 0.717) is 37.8 Å². The lowest BCUT2D eigenvalue weighted by molar-refractivity contribution is -0.0587. The summed E-state index contributed by atoms with van der Waals surface area (Å²) in [5.74, 6) is 0. The molecule has 1 aliphatic carbocycles. The van der Waals surface area contributed by atoms with E-state index in [1.807, 2.05) is 0 Å². The van der Waals surface area contributed by atoms with E-state index < -0.39 is 11.9 Å². The highest BCUT2D eigenvalue weighted by atomic mass is 19.4. The van der Waals surface area contributed by atoms with Crippen LogP contribution in [-0.4, -0.2) is 38.2 Å². The predicted molar refractivity (Wildman–Crippen MR) is 84.2 cm³/mol. The normalized spacial score (nSPS) is 14.8. The van der Waals surface area contributed by atoms with E-state index in [-0.39, 0.29) is 5.56 Å². The highest BCUT2D eigenvalue weighted by molar-refractivity contribution is 6.06. The SMILES string of the molecule is COCCCNc1cc(CNC2CC2)ccc1C(=N)C(F)(F)F. The molecule has 0 bridgehead atoms. The maximum atomic E-state index is 12.8. The second kappa shape index (κ2) is 7.79. The second-order valence-electron chi connectivity index (χ2n) is 5.68. The standard InChI is InChI=1S/C16H22F3N3O/c1-23-8-2-7-21-14-9-11(10-22-12-4-5-12)3-6-13(14)15(20)16(17,18)19/h3,6,9,12,20-22H,2,4-5,7-8,10H2,1H3. The van der Waals surface area contributed by atoms with Crippen LogP contribution < -0.4 is 10.6 Å². The zero-order valence-electron chi connectivity index (χ0n) is 13.1. The van der Waals surface area contributed by atoms with Gasteiger partial charge in [0, 0.05) is 44.1 Å². The summed E-state index contributed by atoms with van der Waals surface area (Å²) in [4.78, 5) is 0. The molecule has 0 spiro atoms. The van der Waals surface area contributed by atoms with Crippen molar-refractivity contribution in [3.63, 3.8) is 0 Å². The van der Waals surface area contributed by atoms with Gasteiger partial charge in [0.15, 0.2) is 0 Å². The fourth-order valence-electron chi connectivity index (χ4n) is 2.21. The van der Waals surface area contributed by atoms with E-state index >= 15 is 0 Å². The third kappa shape index (κ3) is 5.51. The first-order valence-electron chi connectivity index (χ1n) is 7.67. The van der Waals surface area contributed by atoms with E-state index in [4.69, 9.17) is 10.1 Å². The van der Waals surface area contributed by atoms with Crippen LogP contribution in [-0.2, 0) is 11.3 Å². The van der Waals surface area contributed by atoms with Gasteiger partial charge < -0.3 is 15.4 Å². The average molecular weight is 329 g/mol. The molecule has 1 aliphatic rings. The molecule has 128 valence electrons. The number of benzene rings is 1. The Morgan fingerprint density at radius 2 is 2.09 bits per heavy atom. The van der Waals surface area contributed by atoms with Gasteiger partial charge in [-0.25, -0.2) is 0 Å². The molecule has 0 aromatic heterocycles. The quantitative estimate of drug-likeness (QED) is 0.481. The summed E-state index contributed by atoms with van der Waals surface area (Å²) in [7, 11) is 1.58. The molecule has 23 heavy (non-hydrogen) atoms. The molecule has 2 rings (SSSR count). The Bertz CT molecular complexity index is 542. The maximum absolute atomic E-state index is 12.8. The van der Waals surface area contributed by atoms with Crippen LogP contribution in [0.5, 0.6) is 0 Å². The number of rotatable bonds is 9. The van der Waals surface area contributed by atoms with Gasteiger partial charge in [-0.15, -0.1) is 0 Å². The third-order valence-corrected chi connectivity index (χ3v) is 3.65. The fraction of sp³-hybridized carbons (Fsp3) is 0.562. The molecule has 0 unspecified atom stereocenters. The Kier molecular flexibility index (Phi) is 6.01. The lowest BCUT2D eigenvalue weighted by atomic mass is 10.0. The molecule has 0 amide bonds. The first-order valence-corrected chi connectivity index (χ1v) is 7.67. The topological polar surface area (TPSA) is 57.1 Å². The van der Waals surface area contributed by atoms with Gasteiger partial charge in [-0.1, -0.05) is 12.1 Å². The third-order valence-electron chi connectivity index (χ3n) is 3.65. The van der Waals surface area contributed by atoms with Gasteiger partial charge in [0.25, 0.3) is 0 Å². The van der Waals surface area contributed by atoms with Crippen LogP contribution in [0.25, 0.3) is 0 Å². The van der Waals surface area contributed by atoms with Gasteiger partial charge in [-0.3, -0.25) is 5.41 Å². The number of ether oxygens (including phenoxy) is 1. The summed E-state index contributed by atoms with van der Waals surface area (Å²) >= 11 is 0. The molecule has 1 aromatic rings. The van der Waals surface area contributed by atoms with Crippen molar-refractivity contribution in [1.29, 1.82) is 5.41 Å². The van der Waals surface area contributed by atoms with Gasteiger partial charge in [0.05, 0.1) is 0 Å². The number of nitrogens with one attached hydrogen (secondary N) is 3. The number of hydrogen-bond donors (Lipinski definition) is 3. The molecule has 0 radical (unpaired) electrons. The largest absolute Gasteiger partial charge is 0.433 e. The maximum Gasteiger partial charge on any atom is 0.433 e. The molecular formula is C16H22F3N3O. The summed E-state index contributed by atoms with van der Waals surface area (Å²) in [6.07, 6.45) is -1.67. The minimum absolute atomic E-state index is 0.120. The molecule has 0 heterocycles. The lowest BCUT2D eigenvalue weighted by Crippen LogP contribution is -2.24. The monoisotopic (exact) mass is 329 g/mol. The van der Waals surface area contributed by atoms with Crippen molar-refractivity contribution >= 4 is 11.4 Å². The Morgan fingerprint density at radius 1 is 1.35 bits per heavy atom. The van der Waals surface area contributed by atoms with Gasteiger partial charge in [-0.05, 0) is 30.9 Å². The Morgan fingerprint density at radius 3 is 2.70 bits per heavy atom. The minimum atomic E-state index is -4.66. The van der Waals surface area contributed by atoms with Crippen LogP contribution in [0.2, 0.25) is 0 Å². The number of hydrogen-bond acceptors (Lipinski definition) is 4. The van der Waals surface area contributed by atoms with Crippen LogP contribution in [0.3, 0.4) is 0 Å². The number of halogens is 3. The van der Waals surface area contributed by atoms with Gasteiger partial charge >= 0.3 is 6.18 Å². The van der Waals surface area contributed by atoms with Crippen LogP contribution in [0.15, 0.2) is 18.2 Å². The number of methoxy groups -OCH3 is 1. The smallest absolute Gasteiger partial charge is 0.385 e. The van der Waals surface area contributed by atoms with Crippen molar-refractivity contribution in [2.75, 3.05) is 25.6 Å². The minimum Gasteiger partial charge on any atom is -0.385 e. The first-order chi connectivity index (χ1) is 10.9. The van der Waals surface area contributed by atoms with Crippen LogP contribution in [0.4, 0.5) is 18.9 Å². The molecular weight excluding hydrogens is 307 g/mol. The molecule has 1 saturated carbocycles. The van der Waals surface area contributed by atoms with Gasteiger partial charge in [0.2, 0.25) is 0 Å². The van der Waals surface area contributed by atoms with E-state index in [0.717, 1.165) is 18.4 Å². The molecule has 1 fully saturated rings. The summed E-state index contributed by atoms with van der Waals surface area (Å²) in [5.41, 5.74) is -0.193. The zero-order chi connectivity index (χ0) is 16.9. The average Bonchev–Trinajstić information content (AvgIpc) is 3.32. The van der Waals surface area contributed by atoms with Crippen LogP contribution in [0.1, 0.15) is 30.4 Å². The molecule has 0 atom stereocenters. The molecule has 1 aromatic carbocycles. The molecule has 0 aliphatic heterocycles. The highest BCUT2D eigenvalue weighted by Gasteiger charge is 2.36. The second-order valence-corrected chi connectivity index (χ2v) is 5.68. The van der Waals surface area contributed by atoms with Crippen molar-refractivity contribution in [3.05, 3.63) is 29.3 Å². The van der Waals surface area contributed by atoms with Crippen molar-refractivity contribution < 1.29 is 17.9 Å². The Hall–Kier alpha value is -1.60. The Balaban J connectivity index is 2.11. The van der Waals surface area contributed by atoms with Crippen LogP contribution in [0, 0.1) is 5.41 Å². The summed E-state index contributed by atoms with van der Waals surface area (Å²) in [6.45, 7) is 1.64. The summed E-state index contributed by atoms with van der Waals surface area (Å²) < 4.78 is 43.4.